The summed E-state index contributed by atoms with van der Waals surface area (Å²) < 4.78 is 0. The Kier molecular flexibility index (Phi) is 4.52. The second-order valence-corrected chi connectivity index (χ2v) is 6.68. The fourth-order valence-electron chi connectivity index (χ4n) is 2.63. The monoisotopic (exact) mass is 249 g/mol. The largest absolute Gasteiger partial charge is 0.324 e. The van der Waals surface area contributed by atoms with Crippen molar-refractivity contribution in [3.8, 4) is 0 Å². The van der Waals surface area contributed by atoms with Crippen molar-refractivity contribution in [2.45, 2.75) is 55.7 Å². The predicted molar refractivity (Wildman–Crippen MR) is 76.3 cm³/mol. The minimum Gasteiger partial charge on any atom is -0.324 e. The third-order valence-electron chi connectivity index (χ3n) is 3.59. The molecular weight excluding hydrogens is 226 g/mol. The molecule has 2 heteroatoms. The quantitative estimate of drug-likeness (QED) is 0.860. The number of rotatable bonds is 3. The first-order valence-electron chi connectivity index (χ1n) is 6.68. The van der Waals surface area contributed by atoms with Crippen LogP contribution in [0.3, 0.4) is 0 Å². The van der Waals surface area contributed by atoms with Gasteiger partial charge in [-0.2, -0.15) is 0 Å². The topological polar surface area (TPSA) is 26.0 Å². The van der Waals surface area contributed by atoms with Crippen LogP contribution in [-0.4, -0.2) is 5.25 Å². The average Bonchev–Trinajstić information content (AvgIpc) is 2.29. The average molecular weight is 249 g/mol. The minimum absolute atomic E-state index is 0.139. The fourth-order valence-corrected chi connectivity index (χ4v) is 4.24. The van der Waals surface area contributed by atoms with Gasteiger partial charge in [0.25, 0.3) is 0 Å². The lowest BCUT2D eigenvalue weighted by atomic mass is 9.91. The first kappa shape index (κ1) is 13.0. The van der Waals surface area contributed by atoms with Crippen molar-refractivity contribution in [1.82, 2.24) is 0 Å². The summed E-state index contributed by atoms with van der Waals surface area (Å²) in [7, 11) is 0. The molecule has 0 aliphatic heterocycles. The van der Waals surface area contributed by atoms with Gasteiger partial charge < -0.3 is 5.73 Å². The fraction of sp³-hybridized carbons (Fsp3) is 0.600. The summed E-state index contributed by atoms with van der Waals surface area (Å²) in [5.74, 6) is 0.892. The van der Waals surface area contributed by atoms with Gasteiger partial charge in [0.15, 0.2) is 0 Å². The van der Waals surface area contributed by atoms with Crippen molar-refractivity contribution < 1.29 is 0 Å². The highest BCUT2D eigenvalue weighted by molar-refractivity contribution is 8.00. The highest BCUT2D eigenvalue weighted by Gasteiger charge is 2.20. The van der Waals surface area contributed by atoms with Crippen molar-refractivity contribution in [3.05, 3.63) is 29.8 Å². The van der Waals surface area contributed by atoms with Gasteiger partial charge in [0.1, 0.15) is 0 Å². The lowest BCUT2D eigenvalue weighted by Crippen LogP contribution is -2.15. The number of hydrogen-bond acceptors (Lipinski definition) is 2. The van der Waals surface area contributed by atoms with Gasteiger partial charge in [0.05, 0.1) is 0 Å². The molecule has 0 heterocycles. The molecule has 1 aromatic rings. The second kappa shape index (κ2) is 5.92. The van der Waals surface area contributed by atoms with Gasteiger partial charge in [-0.05, 0) is 37.3 Å². The van der Waals surface area contributed by atoms with E-state index in [1.807, 2.05) is 11.8 Å². The van der Waals surface area contributed by atoms with Crippen LogP contribution in [-0.2, 0) is 0 Å². The van der Waals surface area contributed by atoms with Crippen LogP contribution in [0.15, 0.2) is 29.2 Å². The standard InChI is InChI=1S/C15H23NS/c1-11-6-5-7-13(10-11)17-15-9-4-3-8-14(15)12(2)16/h3-4,8-9,11-13H,5-7,10,16H2,1-2H3. The van der Waals surface area contributed by atoms with Gasteiger partial charge in [-0.1, -0.05) is 38.0 Å². The van der Waals surface area contributed by atoms with Crippen LogP contribution < -0.4 is 5.73 Å². The summed E-state index contributed by atoms with van der Waals surface area (Å²) in [5, 5.41) is 0.790. The van der Waals surface area contributed by atoms with E-state index < -0.39 is 0 Å². The Hall–Kier alpha value is -0.470. The first-order chi connectivity index (χ1) is 8.16. The zero-order chi connectivity index (χ0) is 12.3. The molecule has 1 aromatic carbocycles. The molecule has 94 valence electrons. The number of hydrogen-bond donors (Lipinski definition) is 1. The Balaban J connectivity index is 2.07. The van der Waals surface area contributed by atoms with Gasteiger partial charge in [-0.25, -0.2) is 0 Å². The Morgan fingerprint density at radius 3 is 2.76 bits per heavy atom. The maximum Gasteiger partial charge on any atom is 0.0277 e. The normalized spacial score (nSPS) is 26.8. The first-order valence-corrected chi connectivity index (χ1v) is 7.56. The zero-order valence-electron chi connectivity index (χ0n) is 10.9. The van der Waals surface area contributed by atoms with Crippen molar-refractivity contribution in [3.63, 3.8) is 0 Å². The molecule has 1 saturated carbocycles. The van der Waals surface area contributed by atoms with Crippen LogP contribution in [0.1, 0.15) is 51.1 Å². The van der Waals surface area contributed by atoms with Crippen molar-refractivity contribution in [2.75, 3.05) is 0 Å². The number of benzene rings is 1. The summed E-state index contributed by atoms with van der Waals surface area (Å²) >= 11 is 2.04. The summed E-state index contributed by atoms with van der Waals surface area (Å²) in [5.41, 5.74) is 7.34. The molecule has 0 spiro atoms. The number of thioether (sulfide) groups is 1. The van der Waals surface area contributed by atoms with Crippen LogP contribution in [0.4, 0.5) is 0 Å². The van der Waals surface area contributed by atoms with Crippen LogP contribution in [0.25, 0.3) is 0 Å². The van der Waals surface area contributed by atoms with Crippen LogP contribution in [0.5, 0.6) is 0 Å². The molecule has 1 nitrogen and oxygen atoms in total. The molecule has 0 amide bonds. The van der Waals surface area contributed by atoms with Gasteiger partial charge >= 0.3 is 0 Å². The smallest absolute Gasteiger partial charge is 0.0277 e. The van der Waals surface area contributed by atoms with Crippen molar-refractivity contribution in [1.29, 1.82) is 0 Å². The summed E-state index contributed by atoms with van der Waals surface area (Å²) in [4.78, 5) is 1.39. The summed E-state index contributed by atoms with van der Waals surface area (Å²) in [6.45, 7) is 4.45. The third kappa shape index (κ3) is 3.49. The van der Waals surface area contributed by atoms with E-state index in [2.05, 4.69) is 38.1 Å². The maximum atomic E-state index is 6.03. The summed E-state index contributed by atoms with van der Waals surface area (Å²) in [6.07, 6.45) is 5.52. The molecule has 0 aromatic heterocycles. The maximum absolute atomic E-state index is 6.03. The van der Waals surface area contributed by atoms with Crippen LogP contribution >= 0.6 is 11.8 Å². The van der Waals surface area contributed by atoms with Gasteiger partial charge in [0, 0.05) is 16.2 Å². The van der Waals surface area contributed by atoms with E-state index in [1.54, 1.807) is 0 Å². The zero-order valence-corrected chi connectivity index (χ0v) is 11.7. The Morgan fingerprint density at radius 1 is 1.29 bits per heavy atom. The van der Waals surface area contributed by atoms with Gasteiger partial charge in [-0.3, -0.25) is 0 Å². The molecule has 0 radical (unpaired) electrons. The van der Waals surface area contributed by atoms with E-state index in [4.69, 9.17) is 5.73 Å². The van der Waals surface area contributed by atoms with Crippen LogP contribution in [0, 0.1) is 5.92 Å². The van der Waals surface area contributed by atoms with E-state index >= 15 is 0 Å². The Bertz CT molecular complexity index is 362. The lowest BCUT2D eigenvalue weighted by molar-refractivity contribution is 0.394. The van der Waals surface area contributed by atoms with E-state index in [0.717, 1.165) is 11.2 Å². The van der Waals surface area contributed by atoms with Crippen LogP contribution in [0.2, 0.25) is 0 Å². The SMILES string of the molecule is CC1CCCC(Sc2ccccc2C(C)N)C1. The Labute approximate surface area is 109 Å². The molecule has 3 unspecified atom stereocenters. The highest BCUT2D eigenvalue weighted by atomic mass is 32.2. The molecule has 0 saturated heterocycles. The molecule has 1 aliphatic carbocycles. The molecule has 3 atom stereocenters. The van der Waals surface area contributed by atoms with Gasteiger partial charge in [0.2, 0.25) is 0 Å². The Morgan fingerprint density at radius 2 is 2.06 bits per heavy atom. The van der Waals surface area contributed by atoms with E-state index in [0.29, 0.717) is 0 Å². The number of nitrogens with two attached hydrogens (primary N) is 1. The lowest BCUT2D eigenvalue weighted by Gasteiger charge is -2.27. The molecule has 2 N–H and O–H groups in total. The molecule has 17 heavy (non-hydrogen) atoms. The predicted octanol–water partition coefficient (Wildman–Crippen LogP) is 4.38. The third-order valence-corrected chi connectivity index (χ3v) is 4.98. The van der Waals surface area contributed by atoms with Crippen molar-refractivity contribution in [2.24, 2.45) is 11.7 Å². The van der Waals surface area contributed by atoms with E-state index in [9.17, 15) is 0 Å². The second-order valence-electron chi connectivity index (χ2n) is 5.34. The van der Waals surface area contributed by atoms with Crippen molar-refractivity contribution >= 4 is 11.8 Å². The summed E-state index contributed by atoms with van der Waals surface area (Å²) in [6, 6.07) is 8.74. The minimum atomic E-state index is 0.139. The highest BCUT2D eigenvalue weighted by Crippen LogP contribution is 2.38. The molecular formula is C15H23NS. The molecule has 1 fully saturated rings. The molecule has 0 bridgehead atoms. The van der Waals surface area contributed by atoms with E-state index in [1.165, 1.54) is 36.1 Å². The van der Waals surface area contributed by atoms with E-state index in [-0.39, 0.29) is 6.04 Å². The molecule has 2 rings (SSSR count). The molecule has 1 aliphatic rings. The van der Waals surface area contributed by atoms with Gasteiger partial charge in [-0.15, -0.1) is 11.8 Å².